The third kappa shape index (κ3) is 4.45. The first-order chi connectivity index (χ1) is 22.7. The Morgan fingerprint density at radius 3 is 2.07 bits per heavy atom. The van der Waals surface area contributed by atoms with Gasteiger partial charge in [0, 0.05) is 32.7 Å². The minimum absolute atomic E-state index is 0.687. The van der Waals surface area contributed by atoms with Crippen LogP contribution >= 0.6 is 11.8 Å². The van der Waals surface area contributed by atoms with Gasteiger partial charge in [0.2, 0.25) is 0 Å². The Bertz CT molecular complexity index is 2430. The van der Waals surface area contributed by atoms with Crippen molar-refractivity contribution in [2.45, 2.75) is 17.6 Å². The Balaban J connectivity index is 1.39. The van der Waals surface area contributed by atoms with E-state index in [0.717, 1.165) is 61.3 Å². The average Bonchev–Trinajstić information content (AvgIpc) is 3.50. The average molecular weight is 609 g/mol. The molecule has 0 saturated heterocycles. The lowest BCUT2D eigenvalue weighted by molar-refractivity contribution is 0.668. The molecule has 0 fully saturated rings. The van der Waals surface area contributed by atoms with E-state index in [4.69, 9.17) is 14.4 Å². The van der Waals surface area contributed by atoms with E-state index >= 15 is 0 Å². The molecule has 3 heterocycles. The zero-order chi connectivity index (χ0) is 30.6. The van der Waals surface area contributed by atoms with Crippen molar-refractivity contribution in [3.8, 4) is 56.0 Å². The van der Waals surface area contributed by atoms with Crippen molar-refractivity contribution in [1.82, 2.24) is 9.97 Å². The Hall–Kier alpha value is -5.45. The SMILES string of the molecule is Cc1cccc(-c2cc(-c3ccccc3)cc3c2oc2c(-c4cccc5c4SCc4ccccc4-5)nc(-c4ccccc4)nc23)c1. The first kappa shape index (κ1) is 26.9. The van der Waals surface area contributed by atoms with E-state index in [0.29, 0.717) is 11.4 Å². The molecule has 6 aromatic carbocycles. The van der Waals surface area contributed by atoms with E-state index in [1.54, 1.807) is 0 Å². The summed E-state index contributed by atoms with van der Waals surface area (Å²) in [6.45, 7) is 2.13. The predicted molar refractivity (Wildman–Crippen MR) is 191 cm³/mol. The Kier molecular flexibility index (Phi) is 6.36. The van der Waals surface area contributed by atoms with E-state index in [-0.39, 0.29) is 0 Å². The van der Waals surface area contributed by atoms with Crippen LogP contribution in [0, 0.1) is 6.92 Å². The summed E-state index contributed by atoms with van der Waals surface area (Å²) in [6, 6.07) is 49.1. The van der Waals surface area contributed by atoms with Crippen LogP contribution in [0.15, 0.2) is 149 Å². The van der Waals surface area contributed by atoms with Crippen molar-refractivity contribution in [3.05, 3.63) is 151 Å². The van der Waals surface area contributed by atoms with Gasteiger partial charge >= 0.3 is 0 Å². The highest BCUT2D eigenvalue weighted by molar-refractivity contribution is 7.98. The molecule has 0 atom stereocenters. The minimum atomic E-state index is 0.687. The van der Waals surface area contributed by atoms with Crippen LogP contribution < -0.4 is 0 Å². The molecule has 9 rings (SSSR count). The zero-order valence-electron chi connectivity index (χ0n) is 25.2. The molecule has 2 aromatic heterocycles. The largest absolute Gasteiger partial charge is 0.451 e. The molecule has 0 radical (unpaired) electrons. The van der Waals surface area contributed by atoms with Crippen LogP contribution in [0.1, 0.15) is 11.1 Å². The smallest absolute Gasteiger partial charge is 0.180 e. The Morgan fingerprint density at radius 1 is 0.543 bits per heavy atom. The summed E-state index contributed by atoms with van der Waals surface area (Å²) in [5.74, 6) is 1.60. The fraction of sp³-hybridized carbons (Fsp3) is 0.0476. The molecule has 8 aromatic rings. The van der Waals surface area contributed by atoms with Gasteiger partial charge in [-0.05, 0) is 52.4 Å². The highest BCUT2D eigenvalue weighted by Crippen LogP contribution is 2.48. The van der Waals surface area contributed by atoms with Gasteiger partial charge in [0.15, 0.2) is 11.4 Å². The van der Waals surface area contributed by atoms with E-state index in [9.17, 15) is 0 Å². The number of benzene rings is 6. The van der Waals surface area contributed by atoms with Gasteiger partial charge < -0.3 is 4.42 Å². The molecular weight excluding hydrogens is 581 g/mol. The second kappa shape index (κ2) is 10.9. The maximum Gasteiger partial charge on any atom is 0.180 e. The van der Waals surface area contributed by atoms with Gasteiger partial charge in [0.25, 0.3) is 0 Å². The van der Waals surface area contributed by atoms with Crippen molar-refractivity contribution >= 4 is 33.8 Å². The van der Waals surface area contributed by atoms with Gasteiger partial charge in [0.05, 0.1) is 0 Å². The number of aromatic nitrogens is 2. The van der Waals surface area contributed by atoms with Crippen LogP contribution in [-0.2, 0) is 5.75 Å². The van der Waals surface area contributed by atoms with Crippen molar-refractivity contribution in [1.29, 1.82) is 0 Å². The summed E-state index contributed by atoms with van der Waals surface area (Å²) in [6.07, 6.45) is 0. The molecule has 1 aliphatic heterocycles. The van der Waals surface area contributed by atoms with Crippen LogP contribution in [-0.4, -0.2) is 9.97 Å². The number of fused-ring (bicyclic) bond motifs is 6. The first-order valence-corrected chi connectivity index (χ1v) is 16.5. The number of nitrogens with zero attached hydrogens (tertiary/aromatic N) is 2. The first-order valence-electron chi connectivity index (χ1n) is 15.5. The molecule has 218 valence electrons. The molecule has 0 saturated carbocycles. The number of aryl methyl sites for hydroxylation is 1. The topological polar surface area (TPSA) is 38.9 Å². The number of rotatable bonds is 4. The molecule has 0 spiro atoms. The van der Waals surface area contributed by atoms with Gasteiger partial charge in [-0.3, -0.25) is 0 Å². The molecule has 4 heteroatoms. The number of hydrogen-bond donors (Lipinski definition) is 0. The van der Waals surface area contributed by atoms with Gasteiger partial charge in [-0.15, -0.1) is 11.8 Å². The lowest BCUT2D eigenvalue weighted by Gasteiger charge is -2.21. The predicted octanol–water partition coefficient (Wildman–Crippen LogP) is 11.6. The molecular formula is C42H28N2OS. The van der Waals surface area contributed by atoms with Crippen LogP contribution in [0.25, 0.3) is 78.1 Å². The number of thioether (sulfide) groups is 1. The second-order valence-electron chi connectivity index (χ2n) is 11.8. The minimum Gasteiger partial charge on any atom is -0.451 e. The summed E-state index contributed by atoms with van der Waals surface area (Å²) in [4.78, 5) is 11.7. The molecule has 0 bridgehead atoms. The number of furan rings is 1. The van der Waals surface area contributed by atoms with Crippen molar-refractivity contribution in [3.63, 3.8) is 0 Å². The third-order valence-electron chi connectivity index (χ3n) is 8.83. The summed E-state index contributed by atoms with van der Waals surface area (Å²) in [7, 11) is 0. The molecule has 0 N–H and O–H groups in total. The highest BCUT2D eigenvalue weighted by atomic mass is 32.2. The maximum atomic E-state index is 6.97. The Labute approximate surface area is 271 Å². The quantitative estimate of drug-likeness (QED) is 0.199. The molecule has 3 nitrogen and oxygen atoms in total. The molecule has 0 unspecified atom stereocenters. The van der Waals surface area contributed by atoms with Crippen molar-refractivity contribution in [2.75, 3.05) is 0 Å². The molecule has 46 heavy (non-hydrogen) atoms. The fourth-order valence-electron chi connectivity index (χ4n) is 6.62. The summed E-state index contributed by atoms with van der Waals surface area (Å²) < 4.78 is 6.97. The zero-order valence-corrected chi connectivity index (χ0v) is 26.0. The Morgan fingerprint density at radius 2 is 1.24 bits per heavy atom. The lowest BCUT2D eigenvalue weighted by Crippen LogP contribution is -2.00. The molecule has 1 aliphatic rings. The monoisotopic (exact) mass is 608 g/mol. The second-order valence-corrected chi connectivity index (χ2v) is 12.8. The van der Waals surface area contributed by atoms with E-state index in [2.05, 4.69) is 128 Å². The highest BCUT2D eigenvalue weighted by Gasteiger charge is 2.26. The normalized spacial score (nSPS) is 12.3. The van der Waals surface area contributed by atoms with Gasteiger partial charge in [-0.25, -0.2) is 9.97 Å². The standard InChI is InChI=1S/C42H28N2OS/c1-26-12-10-18-29(22-26)35-23-31(27-13-4-2-5-14-27)24-36-38-40(45-39(35)36)37(43-42(44-38)28-15-6-3-7-16-28)34-21-11-20-33-32-19-9-8-17-30(32)25-46-41(33)34/h2-24H,25H2,1H3. The van der Waals surface area contributed by atoms with E-state index in [1.165, 1.54) is 27.1 Å². The maximum absolute atomic E-state index is 6.97. The van der Waals surface area contributed by atoms with Gasteiger partial charge in [-0.1, -0.05) is 133 Å². The van der Waals surface area contributed by atoms with Crippen LogP contribution in [0.3, 0.4) is 0 Å². The van der Waals surface area contributed by atoms with Crippen LogP contribution in [0.4, 0.5) is 0 Å². The van der Waals surface area contributed by atoms with E-state index < -0.39 is 0 Å². The fourth-order valence-corrected chi connectivity index (χ4v) is 7.82. The summed E-state index contributed by atoms with van der Waals surface area (Å²) in [5, 5.41) is 0.983. The van der Waals surface area contributed by atoms with Crippen molar-refractivity contribution < 1.29 is 4.42 Å². The lowest BCUT2D eigenvalue weighted by atomic mass is 9.95. The van der Waals surface area contributed by atoms with Crippen LogP contribution in [0.2, 0.25) is 0 Å². The van der Waals surface area contributed by atoms with Gasteiger partial charge in [0.1, 0.15) is 16.8 Å². The van der Waals surface area contributed by atoms with Gasteiger partial charge in [-0.2, -0.15) is 0 Å². The van der Waals surface area contributed by atoms with Crippen molar-refractivity contribution in [2.24, 2.45) is 0 Å². The third-order valence-corrected chi connectivity index (χ3v) is 10.0. The van der Waals surface area contributed by atoms with Crippen LogP contribution in [0.5, 0.6) is 0 Å². The summed E-state index contributed by atoms with van der Waals surface area (Å²) in [5.41, 5.74) is 14.7. The summed E-state index contributed by atoms with van der Waals surface area (Å²) >= 11 is 1.87. The molecule has 0 aliphatic carbocycles. The molecule has 0 amide bonds. The number of hydrogen-bond acceptors (Lipinski definition) is 4. The van der Waals surface area contributed by atoms with E-state index in [1.807, 2.05) is 30.0 Å².